The van der Waals surface area contributed by atoms with Crippen molar-refractivity contribution >= 4 is 29.9 Å². The fourth-order valence-corrected chi connectivity index (χ4v) is 3.81. The first-order chi connectivity index (χ1) is 15.2. The molecule has 1 N–H and O–H groups in total. The number of likely N-dealkylation sites (N-methyl/N-ethyl adjacent to an activating group) is 1. The van der Waals surface area contributed by atoms with E-state index in [2.05, 4.69) is 52.2 Å². The molecule has 0 bridgehead atoms. The Kier molecular flexibility index (Phi) is 15.7. The lowest BCUT2D eigenvalue weighted by Gasteiger charge is -2.34. The molecule has 2 rings (SSSR count). The molecule has 1 fully saturated rings. The van der Waals surface area contributed by atoms with Gasteiger partial charge < -0.3 is 29.3 Å². The van der Waals surface area contributed by atoms with E-state index in [9.17, 15) is 0 Å². The van der Waals surface area contributed by atoms with Crippen LogP contribution in [0, 0.1) is 0 Å². The van der Waals surface area contributed by atoms with E-state index in [0.29, 0.717) is 19.3 Å². The number of likely N-dealkylation sites (tertiary alicyclic amines) is 1. The first kappa shape index (κ1) is 28.9. The standard InChI is InChI=1S/C24H42N4O3.HI/c1-5-27(6-2)16-19-31-23-11-8-7-10-21(23)20-26-24(25-3)28-14-12-22(13-15-28)30-18-9-17-29-4;/h7-8,10-11,22H,5-6,9,12-20H2,1-4H3,(H,25,26);1H. The van der Waals surface area contributed by atoms with Crippen molar-refractivity contribution in [3.05, 3.63) is 29.8 Å². The Labute approximate surface area is 211 Å². The molecule has 1 heterocycles. The van der Waals surface area contributed by atoms with Gasteiger partial charge in [0, 0.05) is 59.1 Å². The first-order valence-corrected chi connectivity index (χ1v) is 11.7. The number of piperidine rings is 1. The van der Waals surface area contributed by atoms with Crippen LogP contribution >= 0.6 is 24.0 Å². The molecule has 1 aliphatic heterocycles. The molecule has 0 radical (unpaired) electrons. The molecule has 1 aromatic carbocycles. The Bertz CT molecular complexity index is 635. The number of ether oxygens (including phenoxy) is 3. The Morgan fingerprint density at radius 3 is 2.50 bits per heavy atom. The Hall–Kier alpha value is -1.10. The molecule has 8 heteroatoms. The summed E-state index contributed by atoms with van der Waals surface area (Å²) in [5.74, 6) is 1.89. The molecule has 1 saturated heterocycles. The molecule has 0 aliphatic carbocycles. The fraction of sp³-hybridized carbons (Fsp3) is 0.708. The smallest absolute Gasteiger partial charge is 0.193 e. The second kappa shape index (κ2) is 17.4. The number of hydrogen-bond acceptors (Lipinski definition) is 5. The molecule has 0 spiro atoms. The maximum absolute atomic E-state index is 6.09. The van der Waals surface area contributed by atoms with Crippen LogP contribution < -0.4 is 10.1 Å². The first-order valence-electron chi connectivity index (χ1n) is 11.7. The largest absolute Gasteiger partial charge is 0.492 e. The summed E-state index contributed by atoms with van der Waals surface area (Å²) < 4.78 is 17.2. The van der Waals surface area contributed by atoms with Crippen molar-refractivity contribution in [3.63, 3.8) is 0 Å². The molecule has 1 aromatic rings. The van der Waals surface area contributed by atoms with E-state index >= 15 is 0 Å². The minimum absolute atomic E-state index is 0. The topological polar surface area (TPSA) is 58.6 Å². The number of benzene rings is 1. The zero-order valence-corrected chi connectivity index (χ0v) is 22.7. The molecule has 7 nitrogen and oxygen atoms in total. The van der Waals surface area contributed by atoms with E-state index in [4.69, 9.17) is 14.2 Å². The van der Waals surface area contributed by atoms with Gasteiger partial charge in [-0.3, -0.25) is 4.99 Å². The van der Waals surface area contributed by atoms with Crippen LogP contribution in [0.3, 0.4) is 0 Å². The van der Waals surface area contributed by atoms with E-state index in [1.165, 1.54) is 0 Å². The van der Waals surface area contributed by atoms with Crippen molar-refractivity contribution in [2.24, 2.45) is 4.99 Å². The van der Waals surface area contributed by atoms with Gasteiger partial charge in [-0.25, -0.2) is 0 Å². The van der Waals surface area contributed by atoms with E-state index in [1.54, 1.807) is 7.11 Å². The number of halogens is 1. The molecule has 0 aromatic heterocycles. The van der Waals surface area contributed by atoms with Gasteiger partial charge in [-0.1, -0.05) is 32.0 Å². The SMILES string of the molecule is CCN(CC)CCOc1ccccc1CNC(=NC)N1CCC(OCCCOC)CC1.I. The minimum atomic E-state index is 0. The normalized spacial score (nSPS) is 15.0. The predicted molar refractivity (Wildman–Crippen MR) is 142 cm³/mol. The number of guanidine groups is 1. The average molecular weight is 563 g/mol. The van der Waals surface area contributed by atoms with E-state index in [1.807, 2.05) is 13.1 Å². The van der Waals surface area contributed by atoms with Crippen molar-refractivity contribution < 1.29 is 14.2 Å². The number of rotatable bonds is 13. The van der Waals surface area contributed by atoms with Crippen LogP contribution in [0.25, 0.3) is 0 Å². The van der Waals surface area contributed by atoms with Crippen molar-refractivity contribution in [2.45, 2.75) is 45.8 Å². The van der Waals surface area contributed by atoms with Crippen LogP contribution in [0.15, 0.2) is 29.3 Å². The lowest BCUT2D eigenvalue weighted by molar-refractivity contribution is 0.00989. The van der Waals surface area contributed by atoms with Gasteiger partial charge in [0.05, 0.1) is 6.10 Å². The molecular formula is C24H43IN4O3. The molecule has 1 aliphatic rings. The number of aliphatic imine (C=N–C) groups is 1. The fourth-order valence-electron chi connectivity index (χ4n) is 3.81. The Morgan fingerprint density at radius 1 is 1.12 bits per heavy atom. The molecule has 0 unspecified atom stereocenters. The summed E-state index contributed by atoms with van der Waals surface area (Å²) in [5.41, 5.74) is 1.15. The highest BCUT2D eigenvalue weighted by molar-refractivity contribution is 14.0. The van der Waals surface area contributed by atoms with E-state index in [-0.39, 0.29) is 24.0 Å². The highest BCUT2D eigenvalue weighted by Gasteiger charge is 2.22. The van der Waals surface area contributed by atoms with Gasteiger partial charge in [-0.15, -0.1) is 24.0 Å². The molecule has 184 valence electrons. The maximum atomic E-state index is 6.09. The van der Waals surface area contributed by atoms with Crippen LogP contribution in [0.2, 0.25) is 0 Å². The highest BCUT2D eigenvalue weighted by Crippen LogP contribution is 2.19. The lowest BCUT2D eigenvalue weighted by atomic mass is 10.1. The number of methoxy groups -OCH3 is 1. The number of para-hydroxylation sites is 1. The highest BCUT2D eigenvalue weighted by atomic mass is 127. The van der Waals surface area contributed by atoms with Crippen LogP contribution in [-0.2, 0) is 16.0 Å². The van der Waals surface area contributed by atoms with Crippen LogP contribution in [0.4, 0.5) is 0 Å². The zero-order valence-electron chi connectivity index (χ0n) is 20.3. The Balaban J connectivity index is 0.00000512. The van der Waals surface area contributed by atoms with Gasteiger partial charge in [0.2, 0.25) is 0 Å². The van der Waals surface area contributed by atoms with Crippen molar-refractivity contribution in [1.82, 2.24) is 15.1 Å². The molecule has 32 heavy (non-hydrogen) atoms. The number of hydrogen-bond donors (Lipinski definition) is 1. The maximum Gasteiger partial charge on any atom is 0.193 e. The van der Waals surface area contributed by atoms with Crippen molar-refractivity contribution in [2.75, 3.05) is 66.7 Å². The van der Waals surface area contributed by atoms with Crippen molar-refractivity contribution in [1.29, 1.82) is 0 Å². The molecule has 0 amide bonds. The van der Waals surface area contributed by atoms with Crippen LogP contribution in [-0.4, -0.2) is 88.6 Å². The summed E-state index contributed by atoms with van der Waals surface area (Å²) in [6, 6.07) is 8.26. The average Bonchev–Trinajstić information content (AvgIpc) is 2.81. The summed E-state index contributed by atoms with van der Waals surface area (Å²) in [6.07, 6.45) is 3.35. The minimum Gasteiger partial charge on any atom is -0.492 e. The van der Waals surface area contributed by atoms with Crippen LogP contribution in [0.1, 0.15) is 38.7 Å². The van der Waals surface area contributed by atoms with Gasteiger partial charge in [0.1, 0.15) is 12.4 Å². The summed E-state index contributed by atoms with van der Waals surface area (Å²) in [5, 5.41) is 3.52. The van der Waals surface area contributed by atoms with Crippen LogP contribution in [0.5, 0.6) is 5.75 Å². The van der Waals surface area contributed by atoms with Gasteiger partial charge in [-0.05, 0) is 38.4 Å². The predicted octanol–water partition coefficient (Wildman–Crippen LogP) is 3.62. The lowest BCUT2D eigenvalue weighted by Crippen LogP contribution is -2.46. The third-order valence-corrected chi connectivity index (χ3v) is 5.77. The quantitative estimate of drug-likeness (QED) is 0.172. The summed E-state index contributed by atoms with van der Waals surface area (Å²) >= 11 is 0. The monoisotopic (exact) mass is 562 g/mol. The third-order valence-electron chi connectivity index (χ3n) is 5.77. The second-order valence-electron chi connectivity index (χ2n) is 7.79. The number of nitrogens with zero attached hydrogens (tertiary/aromatic N) is 3. The van der Waals surface area contributed by atoms with Gasteiger partial charge in [-0.2, -0.15) is 0 Å². The zero-order chi connectivity index (χ0) is 22.3. The van der Waals surface area contributed by atoms with E-state index < -0.39 is 0 Å². The van der Waals surface area contributed by atoms with Gasteiger partial charge in [0.15, 0.2) is 5.96 Å². The van der Waals surface area contributed by atoms with Crippen molar-refractivity contribution in [3.8, 4) is 5.75 Å². The summed E-state index contributed by atoms with van der Waals surface area (Å²) in [4.78, 5) is 9.19. The van der Waals surface area contributed by atoms with E-state index in [0.717, 1.165) is 82.5 Å². The molecule has 0 saturated carbocycles. The Morgan fingerprint density at radius 2 is 1.84 bits per heavy atom. The molecular weight excluding hydrogens is 519 g/mol. The third kappa shape index (κ3) is 10.2. The second-order valence-corrected chi connectivity index (χ2v) is 7.79. The summed E-state index contributed by atoms with van der Waals surface area (Å²) in [7, 11) is 3.58. The summed E-state index contributed by atoms with van der Waals surface area (Å²) in [6.45, 7) is 12.3. The number of nitrogens with one attached hydrogen (secondary N) is 1. The van der Waals surface area contributed by atoms with Gasteiger partial charge >= 0.3 is 0 Å². The molecule has 0 atom stereocenters. The van der Waals surface area contributed by atoms with Gasteiger partial charge in [0.25, 0.3) is 0 Å².